The monoisotopic (exact) mass is 525 g/mol. The fourth-order valence-electron chi connectivity index (χ4n) is 3.92. The third-order valence-electron chi connectivity index (χ3n) is 5.79. The average Bonchev–Trinajstić information content (AvgIpc) is 3.56. The maximum Gasteiger partial charge on any atom is 0.354 e. The number of methoxy groups -OCH3 is 1. The van der Waals surface area contributed by atoms with E-state index in [4.69, 9.17) is 10.5 Å². The van der Waals surface area contributed by atoms with Crippen LogP contribution in [0.25, 0.3) is 5.78 Å². The van der Waals surface area contributed by atoms with Gasteiger partial charge in [-0.2, -0.15) is 4.52 Å². The standard InChI is InChI=1S/C17H14N6O5.C7H7F2N/c1-28-16(27)9-2-4-10-8(6-9)3-5-11(10)18-14(24)12-7-13(15(25)26)23-17(19-12)20-21-22-23;8-6-2-1-5(4-10)3-7(6)9/h2,4,6-7,11H,3,5H2,1H3,(H,18,24)(H,25,26);1-3H,4,10H2/t11-;/m0./s1. The molecule has 0 saturated carbocycles. The number of hydrogen-bond acceptors (Lipinski definition) is 9. The van der Waals surface area contributed by atoms with Gasteiger partial charge in [0, 0.05) is 12.6 Å². The van der Waals surface area contributed by atoms with Crippen molar-refractivity contribution in [3.05, 3.63) is 87.7 Å². The van der Waals surface area contributed by atoms with Crippen LogP contribution in [0.3, 0.4) is 0 Å². The number of nitrogens with one attached hydrogen (secondary N) is 1. The highest BCUT2D eigenvalue weighted by molar-refractivity contribution is 5.96. The lowest BCUT2D eigenvalue weighted by molar-refractivity contribution is 0.0599. The SMILES string of the molecule is COC(=O)c1ccc2c(c1)CC[C@@H]2NC(=O)c1cc(C(=O)O)n2nnnc2n1.NCc1ccc(F)c(F)c1. The largest absolute Gasteiger partial charge is 0.477 e. The van der Waals surface area contributed by atoms with E-state index in [2.05, 4.69) is 25.8 Å². The Kier molecular flexibility index (Phi) is 7.62. The number of carbonyl (C=O) groups is 3. The van der Waals surface area contributed by atoms with Crippen molar-refractivity contribution in [3.63, 3.8) is 0 Å². The molecule has 1 amide bonds. The number of esters is 1. The summed E-state index contributed by atoms with van der Waals surface area (Å²) >= 11 is 0. The quantitative estimate of drug-likeness (QED) is 0.326. The molecule has 0 unspecified atom stereocenters. The van der Waals surface area contributed by atoms with Gasteiger partial charge >= 0.3 is 11.9 Å². The first kappa shape index (κ1) is 26.2. The van der Waals surface area contributed by atoms with E-state index in [1.54, 1.807) is 18.2 Å². The number of hydrogen-bond donors (Lipinski definition) is 3. The van der Waals surface area contributed by atoms with Gasteiger partial charge in [0.1, 0.15) is 5.69 Å². The predicted octanol–water partition coefficient (Wildman–Crippen LogP) is 1.84. The summed E-state index contributed by atoms with van der Waals surface area (Å²) in [5.74, 6) is -4.01. The minimum absolute atomic E-state index is 0.0837. The summed E-state index contributed by atoms with van der Waals surface area (Å²) in [7, 11) is 1.32. The Labute approximate surface area is 213 Å². The molecule has 0 radical (unpaired) electrons. The maximum absolute atomic E-state index is 12.7. The second-order valence-electron chi connectivity index (χ2n) is 8.14. The Hall–Kier alpha value is -4.85. The van der Waals surface area contributed by atoms with E-state index in [9.17, 15) is 28.3 Å². The molecule has 0 aliphatic heterocycles. The van der Waals surface area contributed by atoms with Crippen molar-refractivity contribution < 1.29 is 33.0 Å². The molecule has 4 aromatic rings. The number of tetrazole rings is 1. The van der Waals surface area contributed by atoms with Gasteiger partial charge in [-0.1, -0.05) is 17.2 Å². The zero-order valence-corrected chi connectivity index (χ0v) is 19.9. The van der Waals surface area contributed by atoms with Gasteiger partial charge in [-0.05, 0) is 64.2 Å². The van der Waals surface area contributed by atoms with E-state index in [-0.39, 0.29) is 29.8 Å². The summed E-state index contributed by atoms with van der Waals surface area (Å²) in [6.45, 7) is 0.233. The van der Waals surface area contributed by atoms with Crippen LogP contribution in [-0.4, -0.2) is 55.1 Å². The number of nitrogens with two attached hydrogens (primary N) is 1. The number of amides is 1. The second kappa shape index (κ2) is 11.0. The van der Waals surface area contributed by atoms with Crippen molar-refractivity contribution in [1.29, 1.82) is 0 Å². The minimum Gasteiger partial charge on any atom is -0.477 e. The molecule has 38 heavy (non-hydrogen) atoms. The summed E-state index contributed by atoms with van der Waals surface area (Å²) in [6, 6.07) is 9.63. The average molecular weight is 525 g/mol. The van der Waals surface area contributed by atoms with Gasteiger partial charge in [0.2, 0.25) is 0 Å². The molecule has 0 fully saturated rings. The number of halogens is 2. The van der Waals surface area contributed by atoms with Crippen molar-refractivity contribution in [2.24, 2.45) is 5.73 Å². The van der Waals surface area contributed by atoms with E-state index in [0.29, 0.717) is 24.0 Å². The molecule has 2 aromatic carbocycles. The highest BCUT2D eigenvalue weighted by Gasteiger charge is 2.27. The number of ether oxygens (including phenoxy) is 1. The lowest BCUT2D eigenvalue weighted by Crippen LogP contribution is -2.28. The van der Waals surface area contributed by atoms with E-state index in [0.717, 1.165) is 33.8 Å². The molecular weight excluding hydrogens is 504 g/mol. The van der Waals surface area contributed by atoms with Crippen molar-refractivity contribution in [2.75, 3.05) is 7.11 Å². The zero-order valence-electron chi connectivity index (χ0n) is 19.9. The molecule has 0 bridgehead atoms. The van der Waals surface area contributed by atoms with Crippen molar-refractivity contribution >= 4 is 23.6 Å². The van der Waals surface area contributed by atoms with Gasteiger partial charge < -0.3 is 20.9 Å². The fraction of sp³-hybridized carbons (Fsp3) is 0.208. The Balaban J connectivity index is 0.000000283. The van der Waals surface area contributed by atoms with Crippen LogP contribution in [0, 0.1) is 11.6 Å². The molecule has 0 spiro atoms. The van der Waals surface area contributed by atoms with Crippen molar-refractivity contribution in [2.45, 2.75) is 25.4 Å². The highest BCUT2D eigenvalue weighted by Crippen LogP contribution is 2.32. The van der Waals surface area contributed by atoms with E-state index in [1.165, 1.54) is 13.2 Å². The van der Waals surface area contributed by atoms with Crippen LogP contribution in [-0.2, 0) is 17.7 Å². The van der Waals surface area contributed by atoms with E-state index in [1.807, 2.05) is 0 Å². The summed E-state index contributed by atoms with van der Waals surface area (Å²) in [6.07, 6.45) is 1.33. The maximum atomic E-state index is 12.7. The molecule has 2 heterocycles. The number of carboxylic acid groups (broad SMARTS) is 1. The summed E-state index contributed by atoms with van der Waals surface area (Å²) in [5.41, 5.74) is 7.70. The molecule has 5 rings (SSSR count). The molecule has 4 N–H and O–H groups in total. The third kappa shape index (κ3) is 5.44. The predicted molar refractivity (Wildman–Crippen MR) is 126 cm³/mol. The van der Waals surface area contributed by atoms with Gasteiger partial charge in [-0.15, -0.1) is 0 Å². The Morgan fingerprint density at radius 3 is 2.63 bits per heavy atom. The molecule has 1 aliphatic carbocycles. The molecule has 1 atom stereocenters. The van der Waals surface area contributed by atoms with Crippen molar-refractivity contribution in [3.8, 4) is 0 Å². The van der Waals surface area contributed by atoms with Gasteiger partial charge in [-0.25, -0.2) is 23.4 Å². The highest BCUT2D eigenvalue weighted by atomic mass is 19.2. The number of fused-ring (bicyclic) bond motifs is 2. The number of benzene rings is 2. The number of aryl methyl sites for hydroxylation is 1. The number of aromatic nitrogens is 5. The number of carboxylic acids is 1. The van der Waals surface area contributed by atoms with Gasteiger partial charge in [0.15, 0.2) is 17.3 Å². The van der Waals surface area contributed by atoms with E-state index >= 15 is 0 Å². The Morgan fingerprint density at radius 2 is 1.95 bits per heavy atom. The molecular formula is C24H21F2N7O5. The summed E-state index contributed by atoms with van der Waals surface area (Å²) in [4.78, 5) is 39.7. The van der Waals surface area contributed by atoms with Crippen LogP contribution in [0.2, 0.25) is 0 Å². The van der Waals surface area contributed by atoms with Crippen LogP contribution in [0.5, 0.6) is 0 Å². The van der Waals surface area contributed by atoms with Crippen LogP contribution in [0.4, 0.5) is 8.78 Å². The topological polar surface area (TPSA) is 175 Å². The Morgan fingerprint density at radius 1 is 1.16 bits per heavy atom. The zero-order chi connectivity index (χ0) is 27.4. The molecule has 14 heteroatoms. The van der Waals surface area contributed by atoms with Gasteiger partial charge in [0.05, 0.1) is 18.7 Å². The van der Waals surface area contributed by atoms with Crippen LogP contribution >= 0.6 is 0 Å². The molecule has 196 valence electrons. The smallest absolute Gasteiger partial charge is 0.354 e. The lowest BCUT2D eigenvalue weighted by Gasteiger charge is -2.14. The second-order valence-corrected chi connectivity index (χ2v) is 8.14. The molecule has 12 nitrogen and oxygen atoms in total. The normalized spacial score (nSPS) is 13.8. The number of rotatable bonds is 5. The molecule has 2 aromatic heterocycles. The number of nitrogens with zero attached hydrogens (tertiary/aromatic N) is 5. The lowest BCUT2D eigenvalue weighted by atomic mass is 10.0. The van der Waals surface area contributed by atoms with Crippen LogP contribution < -0.4 is 11.1 Å². The van der Waals surface area contributed by atoms with Crippen LogP contribution in [0.1, 0.15) is 60.5 Å². The first-order valence-electron chi connectivity index (χ1n) is 11.2. The third-order valence-corrected chi connectivity index (χ3v) is 5.79. The molecule has 1 aliphatic rings. The van der Waals surface area contributed by atoms with Gasteiger partial charge in [0.25, 0.3) is 11.7 Å². The summed E-state index contributed by atoms with van der Waals surface area (Å²) < 4.78 is 30.2. The van der Waals surface area contributed by atoms with Crippen LogP contribution in [0.15, 0.2) is 42.5 Å². The molecule has 0 saturated heterocycles. The first-order valence-corrected chi connectivity index (χ1v) is 11.2. The minimum atomic E-state index is -1.28. The summed E-state index contributed by atoms with van der Waals surface area (Å²) in [5, 5.41) is 22.7. The number of aromatic carboxylic acids is 1. The van der Waals surface area contributed by atoms with Crippen molar-refractivity contribution in [1.82, 2.24) is 30.3 Å². The fourth-order valence-corrected chi connectivity index (χ4v) is 3.92. The Bertz CT molecular complexity index is 1540. The number of carbonyl (C=O) groups excluding carboxylic acids is 2. The van der Waals surface area contributed by atoms with Gasteiger partial charge in [-0.3, -0.25) is 4.79 Å². The van der Waals surface area contributed by atoms with E-state index < -0.39 is 29.5 Å². The first-order chi connectivity index (χ1) is 18.2.